The standard InChI is InChI=1S/C19H29ClN2O2/c1-14(2)18(13-22-11-9-17(24-4)10-12-22)21(3)19(23)15-5-7-16(20)8-6-15/h5-8,14,17-18H,9-13H2,1-4H3. The van der Waals surface area contributed by atoms with Crippen LogP contribution in [-0.2, 0) is 4.74 Å². The van der Waals surface area contributed by atoms with Crippen molar-refractivity contribution in [2.24, 2.45) is 5.92 Å². The van der Waals surface area contributed by atoms with Crippen LogP contribution >= 0.6 is 11.6 Å². The van der Waals surface area contributed by atoms with E-state index in [-0.39, 0.29) is 11.9 Å². The predicted octanol–water partition coefficient (Wildman–Crippen LogP) is 3.55. The molecule has 1 saturated heterocycles. The normalized spacial score (nSPS) is 17.9. The Hall–Kier alpha value is -1.10. The van der Waals surface area contributed by atoms with Gasteiger partial charge in [-0.25, -0.2) is 0 Å². The summed E-state index contributed by atoms with van der Waals surface area (Å²) < 4.78 is 5.44. The molecule has 0 radical (unpaired) electrons. The predicted molar refractivity (Wildman–Crippen MR) is 98.6 cm³/mol. The average molecular weight is 353 g/mol. The van der Waals surface area contributed by atoms with Gasteiger partial charge in [-0.3, -0.25) is 4.79 Å². The molecule has 1 atom stereocenters. The van der Waals surface area contributed by atoms with Crippen molar-refractivity contribution >= 4 is 17.5 Å². The number of carbonyl (C=O) groups is 1. The van der Waals surface area contributed by atoms with E-state index in [2.05, 4.69) is 18.7 Å². The van der Waals surface area contributed by atoms with Gasteiger partial charge in [0.15, 0.2) is 0 Å². The van der Waals surface area contributed by atoms with E-state index in [1.165, 1.54) is 0 Å². The zero-order valence-corrected chi connectivity index (χ0v) is 15.9. The van der Waals surface area contributed by atoms with E-state index >= 15 is 0 Å². The lowest BCUT2D eigenvalue weighted by atomic mass is 9.99. The molecule has 0 spiro atoms. The molecule has 1 aromatic rings. The van der Waals surface area contributed by atoms with Gasteiger partial charge < -0.3 is 14.5 Å². The minimum atomic E-state index is 0.0529. The van der Waals surface area contributed by atoms with Gasteiger partial charge in [-0.1, -0.05) is 25.4 Å². The quantitative estimate of drug-likeness (QED) is 0.785. The summed E-state index contributed by atoms with van der Waals surface area (Å²) in [6.45, 7) is 7.33. The highest BCUT2D eigenvalue weighted by molar-refractivity contribution is 6.30. The van der Waals surface area contributed by atoms with Crippen molar-refractivity contribution < 1.29 is 9.53 Å². The molecule has 1 heterocycles. The topological polar surface area (TPSA) is 32.8 Å². The fourth-order valence-corrected chi connectivity index (χ4v) is 3.45. The highest BCUT2D eigenvalue weighted by Gasteiger charge is 2.28. The lowest BCUT2D eigenvalue weighted by Crippen LogP contribution is -2.50. The first-order valence-corrected chi connectivity index (χ1v) is 9.08. The summed E-state index contributed by atoms with van der Waals surface area (Å²) in [5, 5.41) is 0.649. The number of rotatable bonds is 6. The Balaban J connectivity index is 2.01. The summed E-state index contributed by atoms with van der Waals surface area (Å²) in [6.07, 6.45) is 2.51. The number of methoxy groups -OCH3 is 1. The molecule has 24 heavy (non-hydrogen) atoms. The number of amides is 1. The maximum absolute atomic E-state index is 12.8. The van der Waals surface area contributed by atoms with E-state index in [0.717, 1.165) is 32.5 Å². The Morgan fingerprint density at radius 1 is 1.29 bits per heavy atom. The fourth-order valence-electron chi connectivity index (χ4n) is 3.32. The lowest BCUT2D eigenvalue weighted by molar-refractivity contribution is 0.0271. The van der Waals surface area contributed by atoms with Gasteiger partial charge in [0.1, 0.15) is 0 Å². The maximum atomic E-state index is 12.8. The van der Waals surface area contributed by atoms with Crippen LogP contribution in [0.25, 0.3) is 0 Å². The van der Waals surface area contributed by atoms with E-state index < -0.39 is 0 Å². The molecule has 1 unspecified atom stereocenters. The van der Waals surface area contributed by atoms with Gasteiger partial charge in [0, 0.05) is 50.4 Å². The molecule has 1 aliphatic heterocycles. The third-order valence-corrected chi connectivity index (χ3v) is 5.24. The van der Waals surface area contributed by atoms with Crippen LogP contribution in [0.15, 0.2) is 24.3 Å². The molecule has 1 aromatic carbocycles. The van der Waals surface area contributed by atoms with Crippen LogP contribution in [0.3, 0.4) is 0 Å². The molecule has 5 heteroatoms. The van der Waals surface area contributed by atoms with E-state index in [1.54, 1.807) is 31.4 Å². The second kappa shape index (κ2) is 8.84. The molecular formula is C19H29ClN2O2. The largest absolute Gasteiger partial charge is 0.381 e. The van der Waals surface area contributed by atoms with Gasteiger partial charge in [0.25, 0.3) is 5.91 Å². The highest BCUT2D eigenvalue weighted by Crippen LogP contribution is 2.19. The van der Waals surface area contributed by atoms with Crippen molar-refractivity contribution in [1.82, 2.24) is 9.80 Å². The molecular weight excluding hydrogens is 324 g/mol. The van der Waals surface area contributed by atoms with Crippen molar-refractivity contribution in [3.8, 4) is 0 Å². The van der Waals surface area contributed by atoms with Gasteiger partial charge in [-0.2, -0.15) is 0 Å². The van der Waals surface area contributed by atoms with Crippen LogP contribution in [0.2, 0.25) is 5.02 Å². The Morgan fingerprint density at radius 3 is 2.38 bits per heavy atom. The van der Waals surface area contributed by atoms with Gasteiger partial charge in [-0.05, 0) is 43.0 Å². The Labute approximate surface area is 150 Å². The average Bonchev–Trinajstić information content (AvgIpc) is 2.59. The molecule has 1 aliphatic rings. The van der Waals surface area contributed by atoms with E-state index in [4.69, 9.17) is 16.3 Å². The number of likely N-dealkylation sites (N-methyl/N-ethyl adjacent to an activating group) is 1. The molecule has 4 nitrogen and oxygen atoms in total. The highest BCUT2D eigenvalue weighted by atomic mass is 35.5. The third-order valence-electron chi connectivity index (χ3n) is 4.99. The Bertz CT molecular complexity index is 525. The number of benzene rings is 1. The summed E-state index contributed by atoms with van der Waals surface area (Å²) in [6, 6.07) is 7.31. The molecule has 0 aromatic heterocycles. The minimum Gasteiger partial charge on any atom is -0.381 e. The summed E-state index contributed by atoms with van der Waals surface area (Å²) >= 11 is 5.92. The van der Waals surface area contributed by atoms with Gasteiger partial charge in [0.05, 0.1) is 6.10 Å². The fraction of sp³-hybridized carbons (Fsp3) is 0.632. The summed E-state index contributed by atoms with van der Waals surface area (Å²) in [5.41, 5.74) is 0.686. The van der Waals surface area contributed by atoms with Crippen LogP contribution < -0.4 is 0 Å². The van der Waals surface area contributed by atoms with E-state index in [9.17, 15) is 4.79 Å². The van der Waals surface area contributed by atoms with Crippen LogP contribution in [0, 0.1) is 5.92 Å². The van der Waals surface area contributed by atoms with Crippen molar-refractivity contribution in [2.45, 2.75) is 38.8 Å². The molecule has 1 amide bonds. The molecule has 0 aliphatic carbocycles. The van der Waals surface area contributed by atoms with Gasteiger partial charge >= 0.3 is 0 Å². The molecule has 0 saturated carbocycles. The SMILES string of the molecule is COC1CCN(CC(C(C)C)N(C)C(=O)c2ccc(Cl)cc2)CC1. The number of hydrogen-bond donors (Lipinski definition) is 0. The van der Waals surface area contributed by atoms with Crippen molar-refractivity contribution in [3.05, 3.63) is 34.9 Å². The van der Waals surface area contributed by atoms with Gasteiger partial charge in [0.2, 0.25) is 0 Å². The lowest BCUT2D eigenvalue weighted by Gasteiger charge is -2.38. The zero-order valence-electron chi connectivity index (χ0n) is 15.2. The minimum absolute atomic E-state index is 0.0529. The smallest absolute Gasteiger partial charge is 0.253 e. The maximum Gasteiger partial charge on any atom is 0.253 e. The number of halogens is 1. The number of nitrogens with zero attached hydrogens (tertiary/aromatic N) is 2. The zero-order chi connectivity index (χ0) is 17.7. The Kier molecular flexibility index (Phi) is 7.08. The summed E-state index contributed by atoms with van der Waals surface area (Å²) in [4.78, 5) is 17.1. The molecule has 0 N–H and O–H groups in total. The molecule has 0 bridgehead atoms. The molecule has 1 fully saturated rings. The monoisotopic (exact) mass is 352 g/mol. The van der Waals surface area contributed by atoms with Crippen LogP contribution in [0.4, 0.5) is 0 Å². The van der Waals surface area contributed by atoms with Crippen molar-refractivity contribution in [2.75, 3.05) is 33.8 Å². The molecule has 2 rings (SSSR count). The number of carbonyl (C=O) groups excluding carboxylic acids is 1. The van der Waals surface area contributed by atoms with Crippen LogP contribution in [-0.4, -0.2) is 61.6 Å². The van der Waals surface area contributed by atoms with Crippen LogP contribution in [0.1, 0.15) is 37.0 Å². The van der Waals surface area contributed by atoms with E-state index in [0.29, 0.717) is 22.6 Å². The second-order valence-corrected chi connectivity index (χ2v) is 7.41. The van der Waals surface area contributed by atoms with Crippen molar-refractivity contribution in [1.29, 1.82) is 0 Å². The first-order valence-electron chi connectivity index (χ1n) is 8.70. The summed E-state index contributed by atoms with van der Waals surface area (Å²) in [7, 11) is 3.69. The molecule has 134 valence electrons. The van der Waals surface area contributed by atoms with Crippen molar-refractivity contribution in [3.63, 3.8) is 0 Å². The second-order valence-electron chi connectivity index (χ2n) is 6.97. The number of likely N-dealkylation sites (tertiary alicyclic amines) is 1. The number of ether oxygens (including phenoxy) is 1. The van der Waals surface area contributed by atoms with Gasteiger partial charge in [-0.15, -0.1) is 0 Å². The third kappa shape index (κ3) is 4.95. The number of hydrogen-bond acceptors (Lipinski definition) is 3. The Morgan fingerprint density at radius 2 is 1.88 bits per heavy atom. The number of piperidine rings is 1. The van der Waals surface area contributed by atoms with Crippen LogP contribution in [0.5, 0.6) is 0 Å². The summed E-state index contributed by atoms with van der Waals surface area (Å²) in [5.74, 6) is 0.448. The first-order chi connectivity index (χ1) is 11.4. The van der Waals surface area contributed by atoms with E-state index in [1.807, 2.05) is 11.9 Å². The first kappa shape index (κ1) is 19.2.